The van der Waals surface area contributed by atoms with Crippen LogP contribution in [-0.4, -0.2) is 62.6 Å². The van der Waals surface area contributed by atoms with Crippen LogP contribution < -0.4 is 10.6 Å². The predicted octanol–water partition coefficient (Wildman–Crippen LogP) is 7.49. The van der Waals surface area contributed by atoms with Crippen molar-refractivity contribution in [2.45, 2.75) is 78.3 Å². The Morgan fingerprint density at radius 3 is 1.57 bits per heavy atom. The number of hydrogen-bond acceptors (Lipinski definition) is 8. The summed E-state index contributed by atoms with van der Waals surface area (Å²) in [6, 6.07) is 8.27. The van der Waals surface area contributed by atoms with Gasteiger partial charge in [0, 0.05) is 0 Å². The van der Waals surface area contributed by atoms with Crippen LogP contribution in [0.25, 0.3) is 11.1 Å². The number of thioether (sulfide) groups is 3. The number of rotatable bonds is 3. The van der Waals surface area contributed by atoms with E-state index >= 15 is 0 Å². The van der Waals surface area contributed by atoms with Crippen molar-refractivity contribution in [1.82, 2.24) is 10.6 Å². The van der Waals surface area contributed by atoms with E-state index in [1.54, 1.807) is 6.26 Å². The molecule has 4 aliphatic rings. The molecule has 0 saturated carbocycles. The zero-order valence-electron chi connectivity index (χ0n) is 27.8. The fraction of sp³-hybridized carbons (Fsp3) is 0.472. The fourth-order valence-corrected chi connectivity index (χ4v) is 9.95. The zero-order valence-corrected chi connectivity index (χ0v) is 30.2. The van der Waals surface area contributed by atoms with Crippen LogP contribution in [0.4, 0.5) is 4.79 Å². The summed E-state index contributed by atoms with van der Waals surface area (Å²) in [4.78, 5) is 37.5. The van der Waals surface area contributed by atoms with Gasteiger partial charge in [0.15, 0.2) is 0 Å². The van der Waals surface area contributed by atoms with Crippen LogP contribution in [0.3, 0.4) is 0 Å². The lowest BCUT2D eigenvalue weighted by Gasteiger charge is -2.34. The van der Waals surface area contributed by atoms with Gasteiger partial charge in [0.2, 0.25) is 0 Å². The molecule has 4 aliphatic heterocycles. The number of hydrogen-bond donors (Lipinski definition) is 3. The van der Waals surface area contributed by atoms with Crippen LogP contribution in [0.5, 0.6) is 0 Å². The highest BCUT2D eigenvalue weighted by molar-refractivity contribution is 8.12. The van der Waals surface area contributed by atoms with Crippen LogP contribution in [0.1, 0.15) is 70.2 Å². The topological polar surface area (TPSA) is 105 Å². The zero-order chi connectivity index (χ0) is 33.4. The maximum absolute atomic E-state index is 12.9. The Morgan fingerprint density at radius 2 is 1.11 bits per heavy atom. The molecule has 0 atom stereocenters. The summed E-state index contributed by atoms with van der Waals surface area (Å²) in [7, 11) is 0. The lowest BCUT2D eigenvalue weighted by Crippen LogP contribution is -2.48. The van der Waals surface area contributed by atoms with Crippen LogP contribution in [0, 0.1) is 41.5 Å². The van der Waals surface area contributed by atoms with E-state index in [4.69, 9.17) is 4.74 Å². The first-order valence-electron chi connectivity index (χ1n) is 15.7. The van der Waals surface area contributed by atoms with Gasteiger partial charge in [-0.05, 0) is 142 Å². The van der Waals surface area contributed by atoms with E-state index in [9.17, 15) is 19.5 Å². The number of carbonyl (C=O) groups is 3. The second-order valence-electron chi connectivity index (χ2n) is 12.8. The van der Waals surface area contributed by atoms with E-state index in [2.05, 4.69) is 34.9 Å². The number of amides is 2. The summed E-state index contributed by atoms with van der Waals surface area (Å²) >= 11 is 4.78. The van der Waals surface area contributed by atoms with Crippen LogP contribution in [-0.2, 0) is 14.3 Å². The van der Waals surface area contributed by atoms with Crippen LogP contribution in [0.15, 0.2) is 35.8 Å². The highest BCUT2D eigenvalue weighted by atomic mass is 32.2. The molecule has 2 saturated heterocycles. The molecule has 2 amide bonds. The summed E-state index contributed by atoms with van der Waals surface area (Å²) < 4.78 is 5.74. The molecule has 246 valence electrons. The van der Waals surface area contributed by atoms with Crippen molar-refractivity contribution in [2.75, 3.05) is 29.3 Å². The normalized spacial score (nSPS) is 20.1. The third-order valence-corrected chi connectivity index (χ3v) is 11.8. The minimum absolute atomic E-state index is 0.130. The number of carbonyl (C=O) groups excluding carboxylic acids is 3. The Labute approximate surface area is 285 Å². The number of benzene rings is 2. The van der Waals surface area contributed by atoms with E-state index < -0.39 is 11.1 Å². The average Bonchev–Trinajstić information content (AvgIpc) is 3.37. The Morgan fingerprint density at radius 1 is 0.717 bits per heavy atom. The van der Waals surface area contributed by atoms with Crippen LogP contribution >= 0.6 is 35.3 Å². The van der Waals surface area contributed by atoms with Crippen molar-refractivity contribution in [1.29, 1.82) is 0 Å². The minimum Gasteiger partial charge on any atom is -0.509 e. The first-order valence-corrected chi connectivity index (χ1v) is 19.3. The van der Waals surface area contributed by atoms with Gasteiger partial charge in [-0.25, -0.2) is 4.79 Å². The fourth-order valence-electron chi connectivity index (χ4n) is 7.40. The molecule has 0 bridgehead atoms. The van der Waals surface area contributed by atoms with Crippen molar-refractivity contribution < 1.29 is 24.2 Å². The van der Waals surface area contributed by atoms with Gasteiger partial charge < -0.3 is 20.5 Å². The minimum atomic E-state index is -0.549. The van der Waals surface area contributed by atoms with Gasteiger partial charge in [-0.2, -0.15) is 23.5 Å². The summed E-state index contributed by atoms with van der Waals surface area (Å²) in [6.45, 7) is 12.1. The van der Waals surface area contributed by atoms with Gasteiger partial charge in [0.05, 0.1) is 16.7 Å². The first kappa shape index (κ1) is 34.5. The van der Waals surface area contributed by atoms with Crippen molar-refractivity contribution in [3.05, 3.63) is 80.3 Å². The molecule has 2 aromatic rings. The molecular formula is C36H44N2O5S3. The molecule has 0 aromatic heterocycles. The molecule has 10 heteroatoms. The Bertz CT molecular complexity index is 1600. The summed E-state index contributed by atoms with van der Waals surface area (Å²) in [5, 5.41) is 16.6. The van der Waals surface area contributed by atoms with E-state index in [-0.39, 0.29) is 22.9 Å². The smallest absolute Gasteiger partial charge is 0.372 e. The SMILES string of the molecule is CSC(=O)OC1=C(c2c(C)cc(C)cc2C)C(=O)NC12CCSCC2.Cc1cc(C)c(C2=C(O)C3(CCSCC3)NC2=O)c(C)c1. The summed E-state index contributed by atoms with van der Waals surface area (Å²) in [5.74, 6) is 4.35. The van der Waals surface area contributed by atoms with Gasteiger partial charge in [-0.1, -0.05) is 35.4 Å². The predicted molar refractivity (Wildman–Crippen MR) is 193 cm³/mol. The van der Waals surface area contributed by atoms with E-state index in [1.165, 1.54) is 5.56 Å². The quantitative estimate of drug-likeness (QED) is 0.287. The molecule has 4 heterocycles. The molecule has 2 fully saturated rings. The molecule has 3 N–H and O–H groups in total. The molecule has 6 rings (SSSR count). The molecule has 46 heavy (non-hydrogen) atoms. The Hall–Kier alpha value is -2.82. The largest absolute Gasteiger partial charge is 0.509 e. The van der Waals surface area contributed by atoms with Crippen molar-refractivity contribution in [3.63, 3.8) is 0 Å². The second-order valence-corrected chi connectivity index (χ2v) is 16.0. The standard InChI is InChI=1S/C19H23NO3S2.C17H21NO2S/c1-11-9-12(2)14(13(3)10-11)15-16(23-18(22)24-4)19(20-17(15)21)5-7-25-8-6-19;1-10-8-11(2)13(12(3)9-10)14-15(19)17(18-16(14)20)4-6-21-7-5-17/h9-10H,5-8H2,1-4H3,(H,20,21);8-9,19H,4-7H2,1-3H3,(H,18,20). The van der Waals surface area contributed by atoms with E-state index in [1.807, 2.05) is 65.1 Å². The number of aryl methyl sites for hydroxylation is 6. The lowest BCUT2D eigenvalue weighted by atomic mass is 9.87. The van der Waals surface area contributed by atoms with Gasteiger partial charge in [-0.3, -0.25) is 9.59 Å². The molecule has 2 spiro atoms. The molecule has 0 radical (unpaired) electrons. The van der Waals surface area contributed by atoms with Gasteiger partial charge in [0.1, 0.15) is 17.1 Å². The van der Waals surface area contributed by atoms with E-state index in [0.717, 1.165) is 99.4 Å². The summed E-state index contributed by atoms with van der Waals surface area (Å²) in [5.41, 5.74) is 8.21. The molecule has 0 unspecified atom stereocenters. The van der Waals surface area contributed by atoms with E-state index in [0.29, 0.717) is 16.9 Å². The Balaban J connectivity index is 0.000000184. The molecule has 7 nitrogen and oxygen atoms in total. The average molecular weight is 681 g/mol. The molecule has 0 aliphatic carbocycles. The highest BCUT2D eigenvalue weighted by Crippen LogP contribution is 2.45. The van der Waals surface area contributed by atoms with Gasteiger partial charge >= 0.3 is 5.30 Å². The summed E-state index contributed by atoms with van der Waals surface area (Å²) in [6.07, 6.45) is 4.88. The Kier molecular flexibility index (Phi) is 10.3. The van der Waals surface area contributed by atoms with Crippen LogP contribution in [0.2, 0.25) is 0 Å². The number of aliphatic hydroxyl groups excluding tert-OH is 1. The maximum Gasteiger partial charge on any atom is 0.372 e. The third kappa shape index (κ3) is 6.49. The van der Waals surface area contributed by atoms with Crippen molar-refractivity contribution >= 4 is 63.5 Å². The van der Waals surface area contributed by atoms with Crippen molar-refractivity contribution in [2.24, 2.45) is 0 Å². The molecular weight excluding hydrogens is 637 g/mol. The number of ether oxygens (including phenoxy) is 1. The number of aliphatic hydroxyl groups is 1. The number of nitrogens with one attached hydrogen (secondary N) is 2. The first-order chi connectivity index (χ1) is 21.8. The molecule has 2 aromatic carbocycles. The third-order valence-electron chi connectivity index (χ3n) is 9.41. The monoisotopic (exact) mass is 680 g/mol. The highest BCUT2D eigenvalue weighted by Gasteiger charge is 2.49. The lowest BCUT2D eigenvalue weighted by molar-refractivity contribution is -0.117. The maximum atomic E-state index is 12.9. The van der Waals surface area contributed by atoms with Gasteiger partial charge in [-0.15, -0.1) is 0 Å². The van der Waals surface area contributed by atoms with Crippen molar-refractivity contribution in [3.8, 4) is 0 Å². The van der Waals surface area contributed by atoms with Gasteiger partial charge in [0.25, 0.3) is 11.8 Å². The second kappa shape index (κ2) is 13.7.